The van der Waals surface area contributed by atoms with Gasteiger partial charge in [-0.3, -0.25) is 32.9 Å². The molecule has 4 aromatic rings. The number of hydrogen-bond donors (Lipinski definition) is 2. The summed E-state index contributed by atoms with van der Waals surface area (Å²) in [6, 6.07) is 0. The third-order valence-electron chi connectivity index (χ3n) is 6.91. The third-order valence-corrected chi connectivity index (χ3v) is 6.91. The van der Waals surface area contributed by atoms with Crippen LogP contribution in [0.5, 0.6) is 11.8 Å². The molecule has 0 spiro atoms. The van der Waals surface area contributed by atoms with Crippen molar-refractivity contribution in [3.05, 3.63) is 76.1 Å². The molecule has 46 heavy (non-hydrogen) atoms. The van der Waals surface area contributed by atoms with Crippen molar-refractivity contribution in [2.45, 2.75) is 41.5 Å². The van der Waals surface area contributed by atoms with Crippen LogP contribution in [-0.4, -0.2) is 48.4 Å². The van der Waals surface area contributed by atoms with Crippen molar-refractivity contribution in [3.8, 4) is 11.8 Å². The molecule has 0 aliphatic heterocycles. The largest absolute Gasteiger partial charge is 0.492 e. The second-order valence-electron chi connectivity index (χ2n) is 9.71. The number of azo groups is 2. The second kappa shape index (κ2) is 15.9. The fourth-order valence-electron chi connectivity index (χ4n) is 3.63. The van der Waals surface area contributed by atoms with Crippen molar-refractivity contribution in [2.75, 3.05) is 0 Å². The first-order valence-corrected chi connectivity index (χ1v) is 19.4. The van der Waals surface area contributed by atoms with Gasteiger partial charge in [0, 0.05) is 71.1 Å². The Balaban J connectivity index is 0.000000304. The standard InChI is InChI=1S/2C13H16N6O3.I2/c1-6-9(12(21)18(4)7(2)14-6)16-17-10-11(20)15-8(3)19(5)13(10)22;1-6-9(11(20)14-7(2)18(6)4)16-17-10-12(21)15-8(3)19(5)13(10)22;1-2/h20H,1-5H3;21H,1-5H3;. The van der Waals surface area contributed by atoms with Gasteiger partial charge in [-0.05, 0) is 41.5 Å². The molecule has 20 heteroatoms. The predicted octanol–water partition coefficient (Wildman–Crippen LogP) is 3.61. The molecule has 4 rings (SSSR count). The van der Waals surface area contributed by atoms with E-state index in [1.54, 1.807) is 60.2 Å². The van der Waals surface area contributed by atoms with E-state index in [0.29, 0.717) is 34.7 Å². The summed E-state index contributed by atoms with van der Waals surface area (Å²) in [7, 11) is 6.30. The molecule has 0 fully saturated rings. The van der Waals surface area contributed by atoms with Gasteiger partial charge in [0.15, 0.2) is 11.4 Å². The van der Waals surface area contributed by atoms with Gasteiger partial charge in [-0.2, -0.15) is 15.0 Å². The van der Waals surface area contributed by atoms with Crippen LogP contribution in [0.4, 0.5) is 22.7 Å². The number of rotatable bonds is 4. The summed E-state index contributed by atoms with van der Waals surface area (Å²) < 4.78 is 5.46. The Bertz CT molecular complexity index is 1910. The molecule has 0 aliphatic carbocycles. The summed E-state index contributed by atoms with van der Waals surface area (Å²) in [6.07, 6.45) is 0. The Labute approximate surface area is 285 Å². The number of aromatic nitrogens is 8. The van der Waals surface area contributed by atoms with Gasteiger partial charge in [-0.1, -0.05) is 0 Å². The Morgan fingerprint density at radius 1 is 0.500 bits per heavy atom. The quantitative estimate of drug-likeness (QED) is 0.224. The summed E-state index contributed by atoms with van der Waals surface area (Å²) in [6.45, 7) is 9.85. The van der Waals surface area contributed by atoms with Crippen LogP contribution in [-0.2, 0) is 28.2 Å². The van der Waals surface area contributed by atoms with E-state index >= 15 is 0 Å². The highest BCUT2D eigenvalue weighted by atomic mass is 128. The number of halogens is 2. The topological polar surface area (TPSA) is 229 Å². The van der Waals surface area contributed by atoms with Gasteiger partial charge in [0.2, 0.25) is 23.1 Å². The van der Waals surface area contributed by atoms with E-state index < -0.39 is 28.4 Å². The predicted molar refractivity (Wildman–Crippen MR) is 186 cm³/mol. The van der Waals surface area contributed by atoms with Gasteiger partial charge in [0.1, 0.15) is 23.3 Å². The summed E-state index contributed by atoms with van der Waals surface area (Å²) in [5.41, 5.74) is -1.72. The summed E-state index contributed by atoms with van der Waals surface area (Å²) in [5, 5.41) is 34.4. The lowest BCUT2D eigenvalue weighted by Crippen LogP contribution is -2.21. The zero-order valence-corrected chi connectivity index (χ0v) is 31.0. The summed E-state index contributed by atoms with van der Waals surface area (Å²) in [5.74, 6) is 0.698. The van der Waals surface area contributed by atoms with E-state index in [9.17, 15) is 29.4 Å². The molecule has 0 amide bonds. The highest BCUT2D eigenvalue weighted by Gasteiger charge is 2.15. The van der Waals surface area contributed by atoms with E-state index in [1.807, 2.05) is 0 Å². The lowest BCUT2D eigenvalue weighted by Gasteiger charge is -2.08. The van der Waals surface area contributed by atoms with Crippen LogP contribution in [0.1, 0.15) is 34.7 Å². The minimum absolute atomic E-state index is 0.00938. The van der Waals surface area contributed by atoms with E-state index in [-0.39, 0.29) is 28.3 Å². The monoisotopic (exact) mass is 862 g/mol. The van der Waals surface area contributed by atoms with Crippen molar-refractivity contribution in [2.24, 2.45) is 48.6 Å². The maximum atomic E-state index is 12.1. The van der Waals surface area contributed by atoms with Gasteiger partial charge in [0.05, 0.1) is 5.69 Å². The highest BCUT2D eigenvalue weighted by molar-refractivity contribution is 15.0. The fraction of sp³-hybridized carbons (Fsp3) is 0.385. The van der Waals surface area contributed by atoms with Crippen molar-refractivity contribution in [1.29, 1.82) is 0 Å². The van der Waals surface area contributed by atoms with Gasteiger partial charge < -0.3 is 14.8 Å². The Morgan fingerprint density at radius 3 is 1.26 bits per heavy atom. The second-order valence-corrected chi connectivity index (χ2v) is 9.71. The normalized spacial score (nSPS) is 11.0. The van der Waals surface area contributed by atoms with Crippen LogP contribution in [0.3, 0.4) is 0 Å². The SMILES string of the molecule is Cc1nc(=O)c(N=Nc2c(O)nc(C)n(C)c2=O)c(C)n1C.Cc1nc(C)n(C)c(=O)c1N=Nc1c(O)nc(C)n(C)c1=O.II. The zero-order valence-electron chi connectivity index (χ0n) is 26.6. The molecule has 4 heterocycles. The average molecular weight is 862 g/mol. The molecule has 0 bridgehead atoms. The van der Waals surface area contributed by atoms with E-state index in [2.05, 4.69) is 77.6 Å². The first kappa shape index (κ1) is 38.0. The molecule has 246 valence electrons. The van der Waals surface area contributed by atoms with Gasteiger partial charge in [-0.15, -0.1) is 20.5 Å². The minimum atomic E-state index is -0.553. The molecule has 18 nitrogen and oxygen atoms in total. The number of aromatic hydroxyl groups is 2. The fourth-order valence-corrected chi connectivity index (χ4v) is 3.63. The molecular weight excluding hydrogens is 830 g/mol. The van der Waals surface area contributed by atoms with Crippen LogP contribution < -0.4 is 22.2 Å². The average Bonchev–Trinajstić information content (AvgIpc) is 3.00. The van der Waals surface area contributed by atoms with Crippen molar-refractivity contribution in [1.82, 2.24) is 38.2 Å². The van der Waals surface area contributed by atoms with Gasteiger partial charge in [-0.25, -0.2) is 4.98 Å². The molecular formula is C26H32I2N12O6. The molecule has 0 aliphatic rings. The highest BCUT2D eigenvalue weighted by Crippen LogP contribution is 2.23. The Hall–Kier alpha value is -4.22. The van der Waals surface area contributed by atoms with E-state index in [4.69, 9.17) is 0 Å². The molecule has 0 radical (unpaired) electrons. The molecule has 0 aromatic carbocycles. The molecule has 2 N–H and O–H groups in total. The van der Waals surface area contributed by atoms with Gasteiger partial charge >= 0.3 is 5.56 Å². The molecule has 0 unspecified atom stereocenters. The molecule has 4 aromatic heterocycles. The van der Waals surface area contributed by atoms with Gasteiger partial charge in [0.25, 0.3) is 16.7 Å². The van der Waals surface area contributed by atoms with Crippen molar-refractivity contribution in [3.63, 3.8) is 0 Å². The molecule has 0 atom stereocenters. The first-order valence-electron chi connectivity index (χ1n) is 13.1. The third kappa shape index (κ3) is 8.13. The van der Waals surface area contributed by atoms with Crippen LogP contribution in [0.25, 0.3) is 0 Å². The van der Waals surface area contributed by atoms with E-state index in [0.717, 1.165) is 0 Å². The number of aryl methyl sites for hydroxylation is 5. The number of nitrogens with zero attached hydrogens (tertiary/aromatic N) is 12. The van der Waals surface area contributed by atoms with Crippen molar-refractivity contribution < 1.29 is 10.2 Å². The maximum Gasteiger partial charge on any atom is 0.300 e. The maximum absolute atomic E-state index is 12.1. The first-order chi connectivity index (χ1) is 21.5. The van der Waals surface area contributed by atoms with Crippen molar-refractivity contribution >= 4 is 60.0 Å². The molecule has 0 saturated carbocycles. The van der Waals surface area contributed by atoms with Crippen LogP contribution in [0.2, 0.25) is 0 Å². The summed E-state index contributed by atoms with van der Waals surface area (Å²) >= 11 is 4.24. The number of hydrogen-bond acceptors (Lipinski definition) is 14. The Kier molecular flexibility index (Phi) is 13.1. The zero-order chi connectivity index (χ0) is 35.2. The smallest absolute Gasteiger partial charge is 0.300 e. The minimum Gasteiger partial charge on any atom is -0.492 e. The summed E-state index contributed by atoms with van der Waals surface area (Å²) in [4.78, 5) is 63.6. The Morgan fingerprint density at radius 2 is 0.826 bits per heavy atom. The molecule has 0 saturated heterocycles. The lowest BCUT2D eigenvalue weighted by atomic mass is 10.3. The van der Waals surface area contributed by atoms with Crippen LogP contribution in [0, 0.1) is 41.5 Å². The van der Waals surface area contributed by atoms with Crippen LogP contribution >= 0.6 is 37.2 Å². The lowest BCUT2D eigenvalue weighted by molar-refractivity contribution is 0.446. The van der Waals surface area contributed by atoms with E-state index in [1.165, 1.54) is 27.8 Å². The van der Waals surface area contributed by atoms with Crippen LogP contribution in [0.15, 0.2) is 39.6 Å².